The molecule has 116 valence electrons. The molecular weight excluding hydrogens is 301 g/mol. The van der Waals surface area contributed by atoms with Crippen molar-refractivity contribution in [3.05, 3.63) is 29.6 Å². The molecule has 21 heavy (non-hydrogen) atoms. The predicted molar refractivity (Wildman–Crippen MR) is 73.3 cm³/mol. The van der Waals surface area contributed by atoms with Crippen LogP contribution in [0.5, 0.6) is 0 Å². The highest BCUT2D eigenvalue weighted by Crippen LogP contribution is 2.21. The molecule has 0 saturated carbocycles. The number of carbonyl (C=O) groups is 2. The molecule has 1 unspecified atom stereocenters. The lowest BCUT2D eigenvalue weighted by Gasteiger charge is -2.14. The summed E-state index contributed by atoms with van der Waals surface area (Å²) < 4.78 is 38.2. The van der Waals surface area contributed by atoms with Crippen LogP contribution in [0.4, 0.5) is 4.39 Å². The fourth-order valence-corrected chi connectivity index (χ4v) is 2.95. The van der Waals surface area contributed by atoms with E-state index in [4.69, 9.17) is 5.11 Å². The van der Waals surface area contributed by atoms with Gasteiger partial charge in [0.05, 0.1) is 5.56 Å². The number of benzene rings is 1. The maximum Gasteiger partial charge on any atom is 0.335 e. The van der Waals surface area contributed by atoms with E-state index >= 15 is 0 Å². The quantitative estimate of drug-likeness (QED) is 0.821. The third kappa shape index (κ3) is 3.78. The molecule has 0 radical (unpaired) electrons. The number of amides is 1. The van der Waals surface area contributed by atoms with Gasteiger partial charge in [-0.2, -0.15) is 0 Å². The monoisotopic (exact) mass is 317 g/mol. The molecule has 1 aromatic carbocycles. The topological polar surface area (TPSA) is 101 Å². The van der Waals surface area contributed by atoms with E-state index in [1.165, 1.54) is 0 Å². The summed E-state index contributed by atoms with van der Waals surface area (Å²) in [5.41, 5.74) is -0.365. The summed E-state index contributed by atoms with van der Waals surface area (Å²) in [7, 11) is -4.31. The predicted octanol–water partition coefficient (Wildman–Crippen LogP) is 1.21. The summed E-state index contributed by atoms with van der Waals surface area (Å²) in [6, 6.07) is 2.43. The maximum atomic E-state index is 13.7. The highest BCUT2D eigenvalue weighted by atomic mass is 32.2. The summed E-state index contributed by atoms with van der Waals surface area (Å²) >= 11 is 0. The van der Waals surface area contributed by atoms with Crippen molar-refractivity contribution in [3.63, 3.8) is 0 Å². The lowest BCUT2D eigenvalue weighted by molar-refractivity contribution is -0.120. The van der Waals surface area contributed by atoms with E-state index in [0.717, 1.165) is 25.1 Å². The number of nitrogens with one attached hydrogen (secondary N) is 1. The van der Waals surface area contributed by atoms with Crippen molar-refractivity contribution >= 4 is 21.7 Å². The second kappa shape index (κ2) is 6.66. The van der Waals surface area contributed by atoms with E-state index in [1.54, 1.807) is 6.92 Å². The minimum absolute atomic E-state index is 0.302. The number of rotatable bonds is 6. The smallest absolute Gasteiger partial charge is 0.335 e. The number of carboxylic acids is 1. The van der Waals surface area contributed by atoms with Crippen LogP contribution in [0.25, 0.3) is 0 Å². The number of sulfone groups is 1. The Labute approximate surface area is 121 Å². The van der Waals surface area contributed by atoms with Gasteiger partial charge in [0, 0.05) is 6.54 Å². The van der Waals surface area contributed by atoms with E-state index in [0.29, 0.717) is 13.0 Å². The van der Waals surface area contributed by atoms with E-state index in [1.807, 2.05) is 0 Å². The molecule has 6 nitrogen and oxygen atoms in total. The molecule has 1 aromatic rings. The Hall–Kier alpha value is -1.96. The Bertz CT molecular complexity index is 657. The van der Waals surface area contributed by atoms with E-state index in [9.17, 15) is 22.4 Å². The van der Waals surface area contributed by atoms with Crippen molar-refractivity contribution < 1.29 is 27.5 Å². The van der Waals surface area contributed by atoms with Crippen LogP contribution in [0, 0.1) is 5.82 Å². The van der Waals surface area contributed by atoms with Gasteiger partial charge < -0.3 is 10.4 Å². The minimum atomic E-state index is -4.31. The third-order valence-electron chi connectivity index (χ3n) is 2.87. The highest BCUT2D eigenvalue weighted by Gasteiger charge is 2.32. The first-order valence-corrected chi connectivity index (χ1v) is 7.81. The van der Waals surface area contributed by atoms with Crippen LogP contribution in [-0.2, 0) is 14.6 Å². The molecule has 1 rings (SSSR count). The van der Waals surface area contributed by atoms with E-state index in [2.05, 4.69) is 5.32 Å². The average Bonchev–Trinajstić information content (AvgIpc) is 2.43. The molecule has 8 heteroatoms. The van der Waals surface area contributed by atoms with Crippen LogP contribution in [0.2, 0.25) is 0 Å². The van der Waals surface area contributed by atoms with Crippen LogP contribution in [0.3, 0.4) is 0 Å². The Balaban J connectivity index is 3.21. The van der Waals surface area contributed by atoms with Gasteiger partial charge in [0.1, 0.15) is 16.0 Å². The second-order valence-electron chi connectivity index (χ2n) is 4.43. The lowest BCUT2D eigenvalue weighted by Crippen LogP contribution is -2.38. The standard InChI is InChI=1S/C13H16FNO5S/c1-3-6-15-12(16)8(2)21(19,20)11-7-9(13(17)18)4-5-10(11)14/h4-5,7-8H,3,6H2,1-2H3,(H,15,16)(H,17,18). The zero-order valence-corrected chi connectivity index (χ0v) is 12.4. The van der Waals surface area contributed by atoms with Crippen LogP contribution < -0.4 is 5.32 Å². The number of hydrogen-bond acceptors (Lipinski definition) is 4. The summed E-state index contributed by atoms with van der Waals surface area (Å²) in [4.78, 5) is 21.8. The van der Waals surface area contributed by atoms with Crippen LogP contribution in [0.15, 0.2) is 23.1 Å². The van der Waals surface area contributed by atoms with Gasteiger partial charge in [0.15, 0.2) is 9.84 Å². The minimum Gasteiger partial charge on any atom is -0.478 e. The maximum absolute atomic E-state index is 13.7. The molecule has 0 aliphatic rings. The fourth-order valence-electron chi connectivity index (χ4n) is 1.58. The molecular formula is C13H16FNO5S. The summed E-state index contributed by atoms with van der Waals surface area (Å²) in [6.07, 6.45) is 0.626. The summed E-state index contributed by atoms with van der Waals surface area (Å²) in [6.45, 7) is 3.24. The molecule has 0 aromatic heterocycles. The average molecular weight is 317 g/mol. The Morgan fingerprint density at radius 2 is 2.00 bits per heavy atom. The Morgan fingerprint density at radius 1 is 1.38 bits per heavy atom. The van der Waals surface area contributed by atoms with Crippen molar-refractivity contribution in [2.45, 2.75) is 30.4 Å². The van der Waals surface area contributed by atoms with Gasteiger partial charge >= 0.3 is 5.97 Å². The van der Waals surface area contributed by atoms with Crippen molar-refractivity contribution in [2.24, 2.45) is 0 Å². The number of halogens is 1. The fraction of sp³-hybridized carbons (Fsp3) is 0.385. The molecule has 1 atom stereocenters. The Morgan fingerprint density at radius 3 is 2.52 bits per heavy atom. The SMILES string of the molecule is CCCNC(=O)C(C)S(=O)(=O)c1cc(C(=O)O)ccc1F. The van der Waals surface area contributed by atoms with Crippen LogP contribution in [-0.4, -0.2) is 37.2 Å². The first-order valence-electron chi connectivity index (χ1n) is 6.26. The number of aromatic carboxylic acids is 1. The first kappa shape index (κ1) is 17.1. The molecule has 1 amide bonds. The molecule has 2 N–H and O–H groups in total. The van der Waals surface area contributed by atoms with Crippen molar-refractivity contribution in [1.82, 2.24) is 5.32 Å². The zero-order valence-electron chi connectivity index (χ0n) is 11.6. The second-order valence-corrected chi connectivity index (χ2v) is 6.67. The van der Waals surface area contributed by atoms with Crippen LogP contribution >= 0.6 is 0 Å². The van der Waals surface area contributed by atoms with Gasteiger partial charge in [-0.05, 0) is 31.5 Å². The van der Waals surface area contributed by atoms with Crippen molar-refractivity contribution in [2.75, 3.05) is 6.54 Å². The van der Waals surface area contributed by atoms with Crippen molar-refractivity contribution in [1.29, 1.82) is 0 Å². The van der Waals surface area contributed by atoms with Gasteiger partial charge in [-0.3, -0.25) is 4.79 Å². The molecule has 0 heterocycles. The molecule has 0 bridgehead atoms. The van der Waals surface area contributed by atoms with Gasteiger partial charge in [-0.25, -0.2) is 17.6 Å². The molecule has 0 aliphatic carbocycles. The molecule has 0 spiro atoms. The van der Waals surface area contributed by atoms with Gasteiger partial charge in [0.2, 0.25) is 5.91 Å². The number of hydrogen-bond donors (Lipinski definition) is 2. The van der Waals surface area contributed by atoms with Gasteiger partial charge in [-0.1, -0.05) is 6.92 Å². The summed E-state index contributed by atoms with van der Waals surface area (Å²) in [5, 5.41) is 9.73. The lowest BCUT2D eigenvalue weighted by atomic mass is 10.2. The normalized spacial score (nSPS) is 12.7. The molecule has 0 aliphatic heterocycles. The van der Waals surface area contributed by atoms with Crippen LogP contribution in [0.1, 0.15) is 30.6 Å². The van der Waals surface area contributed by atoms with E-state index in [-0.39, 0.29) is 5.56 Å². The first-order chi connectivity index (χ1) is 9.71. The molecule has 0 saturated heterocycles. The zero-order chi connectivity index (χ0) is 16.2. The van der Waals surface area contributed by atoms with Crippen molar-refractivity contribution in [3.8, 4) is 0 Å². The number of carbonyl (C=O) groups excluding carboxylic acids is 1. The molecule has 0 fully saturated rings. The third-order valence-corrected chi connectivity index (χ3v) is 4.94. The number of carboxylic acid groups (broad SMARTS) is 1. The Kier molecular flexibility index (Phi) is 5.42. The largest absolute Gasteiger partial charge is 0.478 e. The van der Waals surface area contributed by atoms with Gasteiger partial charge in [-0.15, -0.1) is 0 Å². The van der Waals surface area contributed by atoms with Gasteiger partial charge in [0.25, 0.3) is 0 Å². The highest BCUT2D eigenvalue weighted by molar-refractivity contribution is 7.92. The van der Waals surface area contributed by atoms with E-state index < -0.39 is 37.7 Å². The summed E-state index contributed by atoms with van der Waals surface area (Å²) in [5.74, 6) is -3.22.